The summed E-state index contributed by atoms with van der Waals surface area (Å²) in [4.78, 5) is 38.4. The first-order valence-electron chi connectivity index (χ1n) is 16.0. The zero-order valence-electron chi connectivity index (χ0n) is 26.3. The quantitative estimate of drug-likeness (QED) is 0.241. The van der Waals surface area contributed by atoms with Crippen molar-refractivity contribution < 1.29 is 9.59 Å². The molecular formula is C34H42N10O2. The van der Waals surface area contributed by atoms with Gasteiger partial charge in [-0.1, -0.05) is 24.3 Å². The number of tetrazole rings is 1. The van der Waals surface area contributed by atoms with E-state index in [1.54, 1.807) is 4.90 Å². The Labute approximate surface area is 269 Å². The number of aromatic nitrogens is 5. The number of amides is 2. The van der Waals surface area contributed by atoms with Gasteiger partial charge in [0.05, 0.1) is 0 Å². The second kappa shape index (κ2) is 14.2. The highest BCUT2D eigenvalue weighted by Gasteiger charge is 2.36. The predicted octanol–water partition coefficient (Wildman–Crippen LogP) is 2.88. The van der Waals surface area contributed by atoms with Crippen LogP contribution in [0.15, 0.2) is 66.9 Å². The van der Waals surface area contributed by atoms with Crippen molar-refractivity contribution in [3.63, 3.8) is 0 Å². The predicted molar refractivity (Wildman–Crippen MR) is 178 cm³/mol. The maximum Gasteiger partial charge on any atom is 0.240 e. The van der Waals surface area contributed by atoms with E-state index in [1.165, 1.54) is 0 Å². The third-order valence-electron chi connectivity index (χ3n) is 9.42. The number of benzene rings is 2. The molecule has 12 nitrogen and oxygen atoms in total. The van der Waals surface area contributed by atoms with Gasteiger partial charge < -0.3 is 21.3 Å². The van der Waals surface area contributed by atoms with Crippen molar-refractivity contribution in [1.82, 2.24) is 30.5 Å². The SMILES string of the molecule is CN1CCN(c2ccc(-c3cccc(C[C@@H](C(N)=O)N(C(=O)C4CCC(CN)CC4)c4ccc(-c5nn[nH]n5)cc4)c3)cn2)CC1. The van der Waals surface area contributed by atoms with Crippen LogP contribution in [-0.2, 0) is 16.0 Å². The van der Waals surface area contributed by atoms with Gasteiger partial charge in [-0.2, -0.15) is 5.21 Å². The summed E-state index contributed by atoms with van der Waals surface area (Å²) in [5.74, 6) is 0.978. The lowest BCUT2D eigenvalue weighted by molar-refractivity contribution is -0.127. The number of hydrogen-bond donors (Lipinski definition) is 3. The van der Waals surface area contributed by atoms with Crippen LogP contribution in [0.5, 0.6) is 0 Å². The van der Waals surface area contributed by atoms with Gasteiger partial charge in [-0.15, -0.1) is 10.2 Å². The fraction of sp³-hybridized carbons (Fsp3) is 0.412. The lowest BCUT2D eigenvalue weighted by Gasteiger charge is -2.35. The van der Waals surface area contributed by atoms with Crippen LogP contribution in [0.3, 0.4) is 0 Å². The number of aromatic amines is 1. The highest BCUT2D eigenvalue weighted by atomic mass is 16.2. The summed E-state index contributed by atoms with van der Waals surface area (Å²) in [6.45, 7) is 4.57. The van der Waals surface area contributed by atoms with E-state index in [0.717, 1.165) is 79.9 Å². The standard InChI is InChI=1S/C34H42N10O2/c1-42-15-17-43(18-16-42)31-14-11-28(22-37-31)27-4-2-3-24(19-27)20-30(32(36)45)44(34(46)26-7-5-23(21-35)6-8-26)29-12-9-25(10-13-29)33-38-40-41-39-33/h2-4,9-14,19,22-23,26,30H,5-8,15-18,20-21,35H2,1H3,(H2,36,45)(H,38,39,40,41)/t23?,26?,30-/m0/s1. The number of anilines is 2. The van der Waals surface area contributed by atoms with E-state index in [9.17, 15) is 9.59 Å². The van der Waals surface area contributed by atoms with Crippen molar-refractivity contribution in [1.29, 1.82) is 0 Å². The van der Waals surface area contributed by atoms with Gasteiger partial charge >= 0.3 is 0 Å². The summed E-state index contributed by atoms with van der Waals surface area (Å²) in [6.07, 6.45) is 5.42. The number of carbonyl (C=O) groups excluding carboxylic acids is 2. The number of primary amides is 1. The third-order valence-corrected chi connectivity index (χ3v) is 9.42. The minimum absolute atomic E-state index is 0.0913. The van der Waals surface area contributed by atoms with E-state index in [0.29, 0.717) is 24.0 Å². The average molecular weight is 623 g/mol. The largest absolute Gasteiger partial charge is 0.368 e. The Morgan fingerprint density at radius 3 is 2.33 bits per heavy atom. The summed E-state index contributed by atoms with van der Waals surface area (Å²) in [5.41, 5.74) is 16.2. The van der Waals surface area contributed by atoms with E-state index in [2.05, 4.69) is 55.7 Å². The van der Waals surface area contributed by atoms with E-state index < -0.39 is 11.9 Å². The van der Waals surface area contributed by atoms with Crippen LogP contribution in [0.4, 0.5) is 11.5 Å². The number of likely N-dealkylation sites (N-methyl/N-ethyl adjacent to an activating group) is 1. The third kappa shape index (κ3) is 7.08. The van der Waals surface area contributed by atoms with Gasteiger partial charge in [-0.25, -0.2) is 4.98 Å². The minimum Gasteiger partial charge on any atom is -0.368 e. The Balaban J connectivity index is 1.26. The maximum absolute atomic E-state index is 14.2. The first-order chi connectivity index (χ1) is 22.4. The van der Waals surface area contributed by atoms with Crippen molar-refractivity contribution in [2.24, 2.45) is 23.3 Å². The molecule has 0 radical (unpaired) electrons. The molecule has 0 spiro atoms. The molecule has 1 aliphatic carbocycles. The highest BCUT2D eigenvalue weighted by Crippen LogP contribution is 2.33. The van der Waals surface area contributed by atoms with Crippen LogP contribution in [-0.4, -0.2) is 88.1 Å². The molecule has 0 bridgehead atoms. The summed E-state index contributed by atoms with van der Waals surface area (Å²) in [7, 11) is 2.14. The van der Waals surface area contributed by atoms with Crippen LogP contribution >= 0.6 is 0 Å². The molecule has 6 rings (SSSR count). The zero-order valence-corrected chi connectivity index (χ0v) is 26.3. The van der Waals surface area contributed by atoms with Gasteiger partial charge in [0, 0.05) is 61.5 Å². The highest BCUT2D eigenvalue weighted by molar-refractivity contribution is 6.01. The molecule has 4 aromatic rings. The number of carbonyl (C=O) groups is 2. The summed E-state index contributed by atoms with van der Waals surface area (Å²) < 4.78 is 0. The fourth-order valence-electron chi connectivity index (χ4n) is 6.56. The fourth-order valence-corrected chi connectivity index (χ4v) is 6.56. The molecule has 12 heteroatoms. The van der Waals surface area contributed by atoms with Gasteiger partial charge in [0.25, 0.3) is 0 Å². The molecule has 1 saturated carbocycles. The summed E-state index contributed by atoms with van der Waals surface area (Å²) >= 11 is 0. The number of hydrogen-bond acceptors (Lipinski definition) is 9. The monoisotopic (exact) mass is 622 g/mol. The van der Waals surface area contributed by atoms with Crippen LogP contribution in [0.2, 0.25) is 0 Å². The Bertz CT molecular complexity index is 1590. The van der Waals surface area contributed by atoms with Crippen LogP contribution in [0.25, 0.3) is 22.5 Å². The lowest BCUT2D eigenvalue weighted by Crippen LogP contribution is -2.52. The van der Waals surface area contributed by atoms with Crippen molar-refractivity contribution >= 4 is 23.3 Å². The van der Waals surface area contributed by atoms with Crippen molar-refractivity contribution in [3.8, 4) is 22.5 Å². The van der Waals surface area contributed by atoms with Gasteiger partial charge in [0.2, 0.25) is 17.6 Å². The molecule has 3 heterocycles. The normalized spacial score (nSPS) is 19.5. The molecule has 2 aliphatic rings. The molecular weight excluding hydrogens is 580 g/mol. The Morgan fingerprint density at radius 2 is 1.70 bits per heavy atom. The van der Waals surface area contributed by atoms with Gasteiger partial charge in [0.15, 0.2) is 0 Å². The molecule has 0 unspecified atom stereocenters. The summed E-state index contributed by atoms with van der Waals surface area (Å²) in [5, 5.41) is 14.2. The number of pyridine rings is 1. The van der Waals surface area contributed by atoms with Crippen LogP contribution < -0.4 is 21.3 Å². The molecule has 2 amide bonds. The average Bonchev–Trinajstić information content (AvgIpc) is 3.64. The van der Waals surface area contributed by atoms with Gasteiger partial charge in [-0.05, 0) is 97.9 Å². The number of piperazine rings is 1. The molecule has 1 aliphatic heterocycles. The van der Waals surface area contributed by atoms with Crippen molar-refractivity contribution in [2.45, 2.75) is 38.1 Å². The number of H-pyrrole nitrogens is 1. The van der Waals surface area contributed by atoms with Gasteiger partial charge in [-0.3, -0.25) is 14.5 Å². The number of nitrogens with one attached hydrogen (secondary N) is 1. The second-order valence-electron chi connectivity index (χ2n) is 12.5. The smallest absolute Gasteiger partial charge is 0.240 e. The lowest BCUT2D eigenvalue weighted by atomic mass is 9.81. The number of nitrogens with zero attached hydrogens (tertiary/aromatic N) is 7. The molecule has 240 valence electrons. The first kappa shape index (κ1) is 31.3. The molecule has 5 N–H and O–H groups in total. The molecule has 1 atom stereocenters. The van der Waals surface area contributed by atoms with Crippen molar-refractivity contribution in [2.75, 3.05) is 49.6 Å². The minimum atomic E-state index is -0.885. The van der Waals surface area contributed by atoms with Crippen molar-refractivity contribution in [3.05, 3.63) is 72.4 Å². The maximum atomic E-state index is 14.2. The van der Waals surface area contributed by atoms with Gasteiger partial charge in [0.1, 0.15) is 11.9 Å². The number of nitrogens with two attached hydrogens (primary N) is 2. The molecule has 2 fully saturated rings. The van der Waals surface area contributed by atoms with E-state index in [1.807, 2.05) is 48.7 Å². The van der Waals surface area contributed by atoms with E-state index >= 15 is 0 Å². The Kier molecular flexibility index (Phi) is 9.65. The second-order valence-corrected chi connectivity index (χ2v) is 12.5. The van der Waals surface area contributed by atoms with Crippen LogP contribution in [0.1, 0.15) is 31.2 Å². The Morgan fingerprint density at radius 1 is 0.957 bits per heavy atom. The van der Waals surface area contributed by atoms with Crippen LogP contribution in [0, 0.1) is 11.8 Å². The first-order valence-corrected chi connectivity index (χ1v) is 16.0. The number of rotatable bonds is 10. The Hall–Kier alpha value is -4.68. The zero-order chi connectivity index (χ0) is 32.0. The molecule has 1 saturated heterocycles. The summed E-state index contributed by atoms with van der Waals surface area (Å²) in [6, 6.07) is 18.6. The van der Waals surface area contributed by atoms with E-state index in [-0.39, 0.29) is 18.2 Å². The molecule has 46 heavy (non-hydrogen) atoms. The molecule has 2 aromatic heterocycles. The van der Waals surface area contributed by atoms with E-state index in [4.69, 9.17) is 16.5 Å². The topological polar surface area (TPSA) is 163 Å². The molecule has 2 aromatic carbocycles.